The number of rotatable bonds is 2. The first-order valence-electron chi connectivity index (χ1n) is 3.24. The number of aromatic nitrogens is 2. The van der Waals surface area contributed by atoms with Gasteiger partial charge < -0.3 is 21.0 Å². The summed E-state index contributed by atoms with van der Waals surface area (Å²) in [5.74, 6) is 0.0953. The van der Waals surface area contributed by atoms with Gasteiger partial charge in [-0.1, -0.05) is 6.57 Å². The lowest BCUT2D eigenvalue weighted by Crippen LogP contribution is -2.05. The van der Waals surface area contributed by atoms with E-state index in [2.05, 4.69) is 20.1 Å². The topological polar surface area (TPSA) is 88.4 Å². The van der Waals surface area contributed by atoms with Crippen LogP contribution in [-0.4, -0.2) is 21.8 Å². The monoisotopic (exact) mass is 199 g/mol. The van der Waals surface area contributed by atoms with E-state index < -0.39 is 0 Å². The van der Waals surface area contributed by atoms with E-state index in [9.17, 15) is 0 Å². The predicted octanol–water partition coefficient (Wildman–Crippen LogP) is 0.625. The maximum Gasteiger partial charge on any atom is 0.313 e. The van der Waals surface area contributed by atoms with Crippen LogP contribution in [0.3, 0.4) is 0 Å². The standard InChI is InChI=1S/C6H6ClN5O/c1-9-6-4(8)12-5(10-2-13)3(7)11-6/h13H,2H2,(H3,8,10,12). The summed E-state index contributed by atoms with van der Waals surface area (Å²) >= 11 is 5.61. The second kappa shape index (κ2) is 3.89. The number of aliphatic hydroxyl groups is 1. The van der Waals surface area contributed by atoms with Gasteiger partial charge in [0.2, 0.25) is 0 Å². The van der Waals surface area contributed by atoms with Crippen molar-refractivity contribution in [1.29, 1.82) is 0 Å². The molecular weight excluding hydrogens is 194 g/mol. The molecule has 0 fully saturated rings. The van der Waals surface area contributed by atoms with Gasteiger partial charge in [-0.05, 0) is 11.6 Å². The lowest BCUT2D eigenvalue weighted by Gasteiger charge is -2.02. The zero-order valence-corrected chi connectivity index (χ0v) is 7.21. The molecule has 0 amide bonds. The minimum absolute atomic E-state index is 0.00856. The quantitative estimate of drug-likeness (QED) is 0.480. The molecule has 1 heterocycles. The highest BCUT2D eigenvalue weighted by Crippen LogP contribution is 2.24. The smallest absolute Gasteiger partial charge is 0.313 e. The fraction of sp³-hybridized carbons (Fsp3) is 0.167. The average Bonchev–Trinajstić information content (AvgIpc) is 2.11. The summed E-state index contributed by atoms with van der Waals surface area (Å²) in [5, 5.41) is 11.0. The minimum Gasteiger partial charge on any atom is -0.391 e. The normalized spacial score (nSPS) is 9.31. The SMILES string of the molecule is [C-]#[N+]c1nc(Cl)c(NCO)nc1N. The fourth-order valence-corrected chi connectivity index (χ4v) is 0.879. The molecule has 0 aliphatic carbocycles. The average molecular weight is 200 g/mol. The summed E-state index contributed by atoms with van der Waals surface area (Å²) in [7, 11) is 0. The molecule has 0 aliphatic heterocycles. The Bertz CT molecular complexity index is 361. The van der Waals surface area contributed by atoms with Crippen molar-refractivity contribution in [2.45, 2.75) is 0 Å². The van der Waals surface area contributed by atoms with E-state index in [-0.39, 0.29) is 29.3 Å². The van der Waals surface area contributed by atoms with Crippen molar-refractivity contribution in [3.63, 3.8) is 0 Å². The second-order valence-electron chi connectivity index (χ2n) is 2.02. The van der Waals surface area contributed by atoms with Crippen LogP contribution in [-0.2, 0) is 0 Å². The number of nitrogens with one attached hydrogen (secondary N) is 1. The zero-order chi connectivity index (χ0) is 9.84. The molecule has 0 saturated carbocycles. The van der Waals surface area contributed by atoms with Gasteiger partial charge in [0.05, 0.1) is 0 Å². The molecule has 1 rings (SSSR count). The largest absolute Gasteiger partial charge is 0.391 e. The highest BCUT2D eigenvalue weighted by molar-refractivity contribution is 6.31. The molecule has 13 heavy (non-hydrogen) atoms. The molecule has 0 aromatic carbocycles. The first-order valence-corrected chi connectivity index (χ1v) is 3.62. The summed E-state index contributed by atoms with van der Waals surface area (Å²) < 4.78 is 0. The van der Waals surface area contributed by atoms with Crippen LogP contribution in [0, 0.1) is 6.57 Å². The molecule has 7 heteroatoms. The van der Waals surface area contributed by atoms with Gasteiger partial charge in [0.25, 0.3) is 5.15 Å². The van der Waals surface area contributed by atoms with E-state index in [0.29, 0.717) is 0 Å². The van der Waals surface area contributed by atoms with E-state index in [0.717, 1.165) is 0 Å². The van der Waals surface area contributed by atoms with Crippen LogP contribution < -0.4 is 11.1 Å². The Labute approximate surface area is 79.2 Å². The molecule has 6 nitrogen and oxygen atoms in total. The van der Waals surface area contributed by atoms with Gasteiger partial charge in [0.15, 0.2) is 11.6 Å². The van der Waals surface area contributed by atoms with Gasteiger partial charge in [0.1, 0.15) is 6.73 Å². The summed E-state index contributed by atoms with van der Waals surface area (Å²) in [5.41, 5.74) is 5.36. The number of nitrogens with two attached hydrogens (primary N) is 1. The number of nitrogen functional groups attached to an aromatic ring is 1. The van der Waals surface area contributed by atoms with Crippen molar-refractivity contribution in [3.05, 3.63) is 16.6 Å². The van der Waals surface area contributed by atoms with Crippen LogP contribution in [0.5, 0.6) is 0 Å². The number of hydrogen-bond donors (Lipinski definition) is 3. The van der Waals surface area contributed by atoms with E-state index >= 15 is 0 Å². The Morgan fingerprint density at radius 3 is 2.85 bits per heavy atom. The molecule has 1 aromatic heterocycles. The van der Waals surface area contributed by atoms with Crippen LogP contribution in [0.1, 0.15) is 0 Å². The highest BCUT2D eigenvalue weighted by atomic mass is 35.5. The Kier molecular flexibility index (Phi) is 2.84. The molecule has 0 radical (unpaired) electrons. The molecule has 0 unspecified atom stereocenters. The van der Waals surface area contributed by atoms with Gasteiger partial charge in [-0.2, -0.15) is 0 Å². The molecule has 68 valence electrons. The number of hydrogen-bond acceptors (Lipinski definition) is 5. The lowest BCUT2D eigenvalue weighted by atomic mass is 10.5. The number of anilines is 2. The molecule has 0 aliphatic rings. The number of halogens is 1. The molecule has 4 N–H and O–H groups in total. The van der Waals surface area contributed by atoms with Crippen molar-refractivity contribution in [2.75, 3.05) is 17.8 Å². The van der Waals surface area contributed by atoms with Crippen LogP contribution in [0.2, 0.25) is 5.15 Å². The summed E-state index contributed by atoms with van der Waals surface area (Å²) in [4.78, 5) is 10.4. The van der Waals surface area contributed by atoms with Gasteiger partial charge in [0, 0.05) is 0 Å². The molecule has 0 saturated heterocycles. The van der Waals surface area contributed by atoms with Crippen molar-refractivity contribution in [3.8, 4) is 0 Å². The Hall–Kier alpha value is -1.58. The first kappa shape index (κ1) is 9.51. The van der Waals surface area contributed by atoms with Gasteiger partial charge in [-0.3, -0.25) is 0 Å². The highest BCUT2D eigenvalue weighted by Gasteiger charge is 2.11. The van der Waals surface area contributed by atoms with Gasteiger partial charge in [-0.15, -0.1) is 4.98 Å². The minimum atomic E-state index is -0.328. The third kappa shape index (κ3) is 1.96. The number of aliphatic hydroxyl groups excluding tert-OH is 1. The van der Waals surface area contributed by atoms with Crippen molar-refractivity contribution in [1.82, 2.24) is 9.97 Å². The van der Waals surface area contributed by atoms with Crippen molar-refractivity contribution < 1.29 is 5.11 Å². The summed E-state index contributed by atoms with van der Waals surface area (Å²) in [6.45, 7) is 6.34. The molecule has 0 atom stereocenters. The van der Waals surface area contributed by atoms with Crippen molar-refractivity contribution in [2.24, 2.45) is 0 Å². The molecule has 1 aromatic rings. The van der Waals surface area contributed by atoms with E-state index in [1.54, 1.807) is 0 Å². The summed E-state index contributed by atoms with van der Waals surface area (Å²) in [6.07, 6.45) is 0. The third-order valence-corrected chi connectivity index (χ3v) is 1.48. The van der Waals surface area contributed by atoms with E-state index in [1.165, 1.54) is 0 Å². The number of nitrogens with zero attached hydrogens (tertiary/aromatic N) is 3. The fourth-order valence-electron chi connectivity index (χ4n) is 0.689. The van der Waals surface area contributed by atoms with Crippen LogP contribution in [0.25, 0.3) is 4.85 Å². The molecule has 0 bridgehead atoms. The van der Waals surface area contributed by atoms with Crippen LogP contribution in [0.15, 0.2) is 0 Å². The summed E-state index contributed by atoms with van der Waals surface area (Å²) in [6, 6.07) is 0. The van der Waals surface area contributed by atoms with Crippen LogP contribution in [0.4, 0.5) is 17.5 Å². The van der Waals surface area contributed by atoms with Crippen LogP contribution >= 0.6 is 11.6 Å². The lowest BCUT2D eigenvalue weighted by molar-refractivity contribution is 0.325. The Balaban J connectivity index is 3.14. The third-order valence-electron chi connectivity index (χ3n) is 1.21. The maximum atomic E-state index is 8.52. The van der Waals surface area contributed by atoms with E-state index in [1.807, 2.05) is 0 Å². The second-order valence-corrected chi connectivity index (χ2v) is 2.38. The Morgan fingerprint density at radius 1 is 1.62 bits per heavy atom. The van der Waals surface area contributed by atoms with Gasteiger partial charge >= 0.3 is 5.82 Å². The molecular formula is C6H6ClN5O. The zero-order valence-electron chi connectivity index (χ0n) is 6.45. The first-order chi connectivity index (χ1) is 6.19. The predicted molar refractivity (Wildman–Crippen MR) is 48.4 cm³/mol. The van der Waals surface area contributed by atoms with Crippen molar-refractivity contribution >= 4 is 29.1 Å². The molecule has 0 spiro atoms. The van der Waals surface area contributed by atoms with Gasteiger partial charge in [-0.25, -0.2) is 4.98 Å². The maximum absolute atomic E-state index is 8.52. The Morgan fingerprint density at radius 2 is 2.31 bits per heavy atom. The van der Waals surface area contributed by atoms with E-state index in [4.69, 9.17) is 29.0 Å².